The number of alkyl halides is 3. The van der Waals surface area contributed by atoms with E-state index in [2.05, 4.69) is 16.2 Å². The van der Waals surface area contributed by atoms with Gasteiger partial charge in [0.15, 0.2) is 0 Å². The molecule has 0 spiro atoms. The quantitative estimate of drug-likeness (QED) is 0.374. The monoisotopic (exact) mass is 456 g/mol. The van der Waals surface area contributed by atoms with Crippen molar-refractivity contribution in [2.24, 2.45) is 0 Å². The lowest BCUT2D eigenvalue weighted by Crippen LogP contribution is -2.51. The molecule has 1 heterocycles. The standard InChI is InChI=1S/C22H27F3N2O3S/c1-15(20(29)30-18-8-12-27(31-2)13-9-18)14-19(28)26-21(10-3-11-21)16-4-6-17(7-5-16)22(23,24)25/h4-7,18H,1,3,8-14H2,2H3,(H,26,28). The van der Waals surface area contributed by atoms with Gasteiger partial charge in [0.1, 0.15) is 6.10 Å². The van der Waals surface area contributed by atoms with E-state index in [0.717, 1.165) is 44.5 Å². The van der Waals surface area contributed by atoms with Crippen LogP contribution in [0.25, 0.3) is 0 Å². The Balaban J connectivity index is 1.54. The summed E-state index contributed by atoms with van der Waals surface area (Å²) in [7, 11) is 0. The molecule has 1 aromatic carbocycles. The van der Waals surface area contributed by atoms with Crippen molar-refractivity contribution < 1.29 is 27.5 Å². The third-order valence-electron chi connectivity index (χ3n) is 5.95. The summed E-state index contributed by atoms with van der Waals surface area (Å²) in [6.07, 6.45) is 0.825. The van der Waals surface area contributed by atoms with Gasteiger partial charge in [-0.25, -0.2) is 4.79 Å². The summed E-state index contributed by atoms with van der Waals surface area (Å²) in [5, 5.41) is 2.91. The van der Waals surface area contributed by atoms with Crippen LogP contribution in [0.4, 0.5) is 13.2 Å². The lowest BCUT2D eigenvalue weighted by atomic mass is 9.71. The van der Waals surface area contributed by atoms with Crippen LogP contribution in [0.3, 0.4) is 0 Å². The number of benzene rings is 1. The van der Waals surface area contributed by atoms with E-state index in [4.69, 9.17) is 4.74 Å². The van der Waals surface area contributed by atoms with Crippen molar-refractivity contribution in [3.05, 3.63) is 47.5 Å². The number of nitrogens with one attached hydrogen (secondary N) is 1. The number of halogens is 3. The molecule has 1 aromatic rings. The van der Waals surface area contributed by atoms with Crippen molar-refractivity contribution in [1.29, 1.82) is 0 Å². The second kappa shape index (κ2) is 9.65. The number of nitrogens with zero attached hydrogens (tertiary/aromatic N) is 1. The highest BCUT2D eigenvalue weighted by Crippen LogP contribution is 2.42. The van der Waals surface area contributed by atoms with Gasteiger partial charge in [-0.2, -0.15) is 13.2 Å². The number of rotatable bonds is 7. The Labute approximate surface area is 184 Å². The van der Waals surface area contributed by atoms with E-state index in [1.165, 1.54) is 12.1 Å². The predicted octanol–water partition coefficient (Wildman–Crippen LogP) is 4.43. The van der Waals surface area contributed by atoms with E-state index in [0.29, 0.717) is 18.4 Å². The Bertz CT molecular complexity index is 814. The zero-order valence-electron chi connectivity index (χ0n) is 17.5. The highest BCUT2D eigenvalue weighted by Gasteiger charge is 2.41. The molecule has 0 aromatic heterocycles. The van der Waals surface area contributed by atoms with Gasteiger partial charge in [0.05, 0.1) is 17.5 Å². The fourth-order valence-corrected chi connectivity index (χ4v) is 4.51. The van der Waals surface area contributed by atoms with Crippen LogP contribution in [0.15, 0.2) is 36.4 Å². The van der Waals surface area contributed by atoms with Crippen molar-refractivity contribution in [3.63, 3.8) is 0 Å². The molecule has 1 saturated heterocycles. The molecule has 0 bridgehead atoms. The molecule has 2 aliphatic rings. The summed E-state index contributed by atoms with van der Waals surface area (Å²) in [6, 6.07) is 4.87. The first-order chi connectivity index (χ1) is 14.6. The molecule has 3 rings (SSSR count). The predicted molar refractivity (Wildman–Crippen MR) is 113 cm³/mol. The minimum absolute atomic E-state index is 0.0756. The summed E-state index contributed by atoms with van der Waals surface area (Å²) in [4.78, 5) is 24.9. The van der Waals surface area contributed by atoms with Gasteiger partial charge in [0.25, 0.3) is 0 Å². The van der Waals surface area contributed by atoms with Crippen molar-refractivity contribution in [2.75, 3.05) is 19.3 Å². The first kappa shape index (κ1) is 23.7. The Hall–Kier alpha value is -2.00. The van der Waals surface area contributed by atoms with E-state index in [9.17, 15) is 22.8 Å². The summed E-state index contributed by atoms with van der Waals surface area (Å²) in [5.41, 5.74) is -0.715. The van der Waals surface area contributed by atoms with E-state index in [1.807, 2.05) is 6.26 Å². The normalized spacial score (nSPS) is 19.4. The van der Waals surface area contributed by atoms with Crippen molar-refractivity contribution in [2.45, 2.75) is 56.3 Å². The average molecular weight is 457 g/mol. The fourth-order valence-electron chi connectivity index (χ4n) is 3.94. The molecule has 170 valence electrons. The molecule has 31 heavy (non-hydrogen) atoms. The highest BCUT2D eigenvalue weighted by molar-refractivity contribution is 7.96. The maximum Gasteiger partial charge on any atom is 0.416 e. The average Bonchev–Trinajstić information content (AvgIpc) is 2.70. The SMILES string of the molecule is C=C(CC(=O)NC1(c2ccc(C(F)(F)F)cc2)CCC1)C(=O)OC1CCN(SC)CC1. The third kappa shape index (κ3) is 5.83. The van der Waals surface area contributed by atoms with Gasteiger partial charge in [-0.3, -0.25) is 9.10 Å². The van der Waals surface area contributed by atoms with Crippen LogP contribution < -0.4 is 5.32 Å². The molecule has 0 unspecified atom stereocenters. The molecule has 9 heteroatoms. The molecule has 0 radical (unpaired) electrons. The maximum atomic E-state index is 12.8. The van der Waals surface area contributed by atoms with E-state index in [1.54, 1.807) is 11.9 Å². The lowest BCUT2D eigenvalue weighted by molar-refractivity contribution is -0.146. The highest BCUT2D eigenvalue weighted by atomic mass is 32.2. The van der Waals surface area contributed by atoms with Crippen molar-refractivity contribution in [1.82, 2.24) is 9.62 Å². The van der Waals surface area contributed by atoms with Crippen LogP contribution in [-0.4, -0.2) is 41.6 Å². The molecular formula is C22H27F3N2O3S. The summed E-state index contributed by atoms with van der Waals surface area (Å²) in [6.45, 7) is 5.37. The van der Waals surface area contributed by atoms with Crippen LogP contribution >= 0.6 is 11.9 Å². The third-order valence-corrected chi connectivity index (χ3v) is 6.83. The lowest BCUT2D eigenvalue weighted by Gasteiger charge is -2.43. The summed E-state index contributed by atoms with van der Waals surface area (Å²) < 4.78 is 46.1. The molecule has 1 amide bonds. The number of esters is 1. The van der Waals surface area contributed by atoms with Gasteiger partial charge in [0, 0.05) is 18.7 Å². The number of piperidine rings is 1. The van der Waals surface area contributed by atoms with Crippen LogP contribution in [-0.2, 0) is 26.0 Å². The van der Waals surface area contributed by atoms with Gasteiger partial charge < -0.3 is 10.1 Å². The van der Waals surface area contributed by atoms with E-state index < -0.39 is 29.2 Å². The number of carbonyl (C=O) groups excluding carboxylic acids is 2. The second-order valence-electron chi connectivity index (χ2n) is 8.06. The van der Waals surface area contributed by atoms with E-state index >= 15 is 0 Å². The Kier molecular flexibility index (Phi) is 7.36. The first-order valence-corrected chi connectivity index (χ1v) is 11.5. The van der Waals surface area contributed by atoms with Crippen molar-refractivity contribution in [3.8, 4) is 0 Å². The topological polar surface area (TPSA) is 58.6 Å². The molecule has 1 N–H and O–H groups in total. The Morgan fingerprint density at radius 1 is 1.23 bits per heavy atom. The van der Waals surface area contributed by atoms with Gasteiger partial charge in [-0.05, 0) is 56.1 Å². The number of carbonyl (C=O) groups is 2. The Morgan fingerprint density at radius 3 is 2.32 bits per heavy atom. The minimum Gasteiger partial charge on any atom is -0.459 e. The second-order valence-corrected chi connectivity index (χ2v) is 8.94. The van der Waals surface area contributed by atoms with Crippen LogP contribution in [0, 0.1) is 0 Å². The largest absolute Gasteiger partial charge is 0.459 e. The Morgan fingerprint density at radius 2 is 1.84 bits per heavy atom. The summed E-state index contributed by atoms with van der Waals surface area (Å²) in [5.74, 6) is -0.964. The maximum absolute atomic E-state index is 12.8. The van der Waals surface area contributed by atoms with Crippen molar-refractivity contribution >= 4 is 23.8 Å². The smallest absolute Gasteiger partial charge is 0.416 e. The molecule has 0 atom stereocenters. The van der Waals surface area contributed by atoms with E-state index in [-0.39, 0.29) is 18.1 Å². The first-order valence-electron chi connectivity index (χ1n) is 10.3. The molecule has 5 nitrogen and oxygen atoms in total. The molecule has 1 aliphatic carbocycles. The zero-order valence-corrected chi connectivity index (χ0v) is 18.3. The molecule has 2 fully saturated rings. The van der Waals surface area contributed by atoms with Crippen LogP contribution in [0.2, 0.25) is 0 Å². The number of amides is 1. The zero-order chi connectivity index (χ0) is 22.6. The minimum atomic E-state index is -4.40. The van der Waals surface area contributed by atoms with Gasteiger partial charge in [-0.15, -0.1) is 0 Å². The fraction of sp³-hybridized carbons (Fsp3) is 0.545. The molecular weight excluding hydrogens is 429 g/mol. The molecule has 1 aliphatic heterocycles. The van der Waals surface area contributed by atoms with Gasteiger partial charge in [-0.1, -0.05) is 30.7 Å². The number of hydrogen-bond donors (Lipinski definition) is 1. The van der Waals surface area contributed by atoms with Crippen LogP contribution in [0.5, 0.6) is 0 Å². The number of ether oxygens (including phenoxy) is 1. The molecule has 1 saturated carbocycles. The number of hydrogen-bond acceptors (Lipinski definition) is 5. The summed E-state index contributed by atoms with van der Waals surface area (Å²) >= 11 is 1.66. The van der Waals surface area contributed by atoms with Gasteiger partial charge >= 0.3 is 12.1 Å². The van der Waals surface area contributed by atoms with Gasteiger partial charge in [0.2, 0.25) is 5.91 Å². The van der Waals surface area contributed by atoms with Crippen LogP contribution in [0.1, 0.15) is 49.7 Å².